The van der Waals surface area contributed by atoms with E-state index in [1.807, 2.05) is 11.9 Å². The van der Waals surface area contributed by atoms with Crippen molar-refractivity contribution in [3.63, 3.8) is 0 Å². The van der Waals surface area contributed by atoms with Crippen molar-refractivity contribution in [2.45, 2.75) is 32.0 Å². The van der Waals surface area contributed by atoms with Crippen molar-refractivity contribution in [3.8, 4) is 0 Å². The number of nitrogens with zero attached hydrogens (tertiary/aromatic N) is 2. The summed E-state index contributed by atoms with van der Waals surface area (Å²) in [6, 6.07) is 6.14. The van der Waals surface area contributed by atoms with Gasteiger partial charge in [0, 0.05) is 33.6 Å². The second-order valence-corrected chi connectivity index (χ2v) is 5.03. The Morgan fingerprint density at radius 2 is 1.82 bits per heavy atom. The van der Waals surface area contributed by atoms with E-state index >= 15 is 0 Å². The van der Waals surface area contributed by atoms with Crippen molar-refractivity contribution in [1.82, 2.24) is 10.2 Å². The van der Waals surface area contributed by atoms with Crippen molar-refractivity contribution < 1.29 is 17.6 Å². The van der Waals surface area contributed by atoms with Gasteiger partial charge in [-0.05, 0) is 30.5 Å². The first-order valence-electron chi connectivity index (χ1n) is 7.05. The summed E-state index contributed by atoms with van der Waals surface area (Å²) in [7, 11) is 3.42. The minimum absolute atomic E-state index is 0.0924. The Balaban J connectivity index is 2.35. The molecule has 0 radical (unpaired) electrons. The number of benzene rings is 1. The monoisotopic (exact) mass is 319 g/mol. The molecule has 0 atom stereocenters. The van der Waals surface area contributed by atoms with E-state index < -0.39 is 12.6 Å². The summed E-state index contributed by atoms with van der Waals surface area (Å²) in [5, 5.41) is 3.02. The van der Waals surface area contributed by atoms with Gasteiger partial charge in [0.15, 0.2) is 5.96 Å². The number of unbranched alkanes of at least 4 members (excludes halogenated alkanes) is 1. The summed E-state index contributed by atoms with van der Waals surface area (Å²) in [4.78, 5) is 5.91. The van der Waals surface area contributed by atoms with Crippen LogP contribution in [0.25, 0.3) is 0 Å². The molecule has 0 fully saturated rings. The van der Waals surface area contributed by atoms with Crippen LogP contribution in [-0.2, 0) is 6.54 Å². The third kappa shape index (κ3) is 7.28. The molecule has 0 saturated heterocycles. The number of nitrogens with one attached hydrogen (secondary N) is 1. The maximum absolute atomic E-state index is 12.8. The summed E-state index contributed by atoms with van der Waals surface area (Å²) < 4.78 is 48.9. The number of guanidine groups is 1. The molecule has 0 heterocycles. The van der Waals surface area contributed by atoms with Gasteiger partial charge in [-0.1, -0.05) is 12.1 Å². The number of rotatable bonds is 6. The average molecular weight is 319 g/mol. The molecule has 1 aromatic rings. The predicted octanol–water partition coefficient (Wildman–Crippen LogP) is 3.57. The fourth-order valence-electron chi connectivity index (χ4n) is 1.97. The maximum Gasteiger partial charge on any atom is 0.389 e. The highest BCUT2D eigenvalue weighted by Gasteiger charge is 2.25. The third-order valence-electron chi connectivity index (χ3n) is 3.08. The van der Waals surface area contributed by atoms with Crippen LogP contribution in [0.1, 0.15) is 24.8 Å². The summed E-state index contributed by atoms with van der Waals surface area (Å²) in [5.41, 5.74) is 0.920. The highest BCUT2D eigenvalue weighted by Crippen LogP contribution is 2.21. The summed E-state index contributed by atoms with van der Waals surface area (Å²) in [6.45, 7) is 0.957. The van der Waals surface area contributed by atoms with Crippen LogP contribution in [0.5, 0.6) is 0 Å². The van der Waals surface area contributed by atoms with E-state index in [0.29, 0.717) is 25.5 Å². The van der Waals surface area contributed by atoms with Gasteiger partial charge in [0.05, 0.1) is 0 Å². The zero-order valence-electron chi connectivity index (χ0n) is 12.8. The Morgan fingerprint density at radius 3 is 2.36 bits per heavy atom. The molecule has 124 valence electrons. The van der Waals surface area contributed by atoms with E-state index in [1.165, 1.54) is 12.1 Å². The molecule has 3 nitrogen and oxygen atoms in total. The molecular weight excluding hydrogens is 298 g/mol. The topological polar surface area (TPSA) is 27.6 Å². The molecule has 0 aliphatic carbocycles. The first kappa shape index (κ1) is 18.3. The normalized spacial score (nSPS) is 12.4. The molecule has 1 N–H and O–H groups in total. The molecule has 0 saturated carbocycles. The van der Waals surface area contributed by atoms with Crippen LogP contribution in [0, 0.1) is 5.82 Å². The van der Waals surface area contributed by atoms with Crippen LogP contribution >= 0.6 is 0 Å². The predicted molar refractivity (Wildman–Crippen MR) is 79.1 cm³/mol. The van der Waals surface area contributed by atoms with Crippen LogP contribution in [0.3, 0.4) is 0 Å². The minimum atomic E-state index is -4.10. The van der Waals surface area contributed by atoms with Crippen molar-refractivity contribution >= 4 is 5.96 Å². The molecule has 1 rings (SSSR count). The van der Waals surface area contributed by atoms with Crippen LogP contribution in [-0.4, -0.2) is 37.7 Å². The van der Waals surface area contributed by atoms with Gasteiger partial charge >= 0.3 is 6.18 Å². The molecule has 22 heavy (non-hydrogen) atoms. The number of hydrogen-bond acceptors (Lipinski definition) is 1. The molecule has 0 amide bonds. The first-order valence-corrected chi connectivity index (χ1v) is 7.05. The zero-order chi connectivity index (χ0) is 16.6. The van der Waals surface area contributed by atoms with Crippen LogP contribution in [0.2, 0.25) is 0 Å². The van der Waals surface area contributed by atoms with Crippen molar-refractivity contribution in [2.24, 2.45) is 4.99 Å². The zero-order valence-corrected chi connectivity index (χ0v) is 12.8. The molecule has 0 spiro atoms. The van der Waals surface area contributed by atoms with E-state index in [9.17, 15) is 17.6 Å². The Kier molecular flexibility index (Phi) is 7.14. The number of alkyl halides is 3. The SMILES string of the molecule is CN=C(NCCCCC(F)(F)F)N(C)Cc1ccc(F)cc1. The maximum atomic E-state index is 12.8. The molecule has 7 heteroatoms. The summed E-state index contributed by atoms with van der Waals surface area (Å²) >= 11 is 0. The largest absolute Gasteiger partial charge is 0.389 e. The second-order valence-electron chi connectivity index (χ2n) is 5.03. The van der Waals surface area contributed by atoms with Gasteiger partial charge < -0.3 is 10.2 Å². The Hall–Kier alpha value is -1.79. The molecule has 0 bridgehead atoms. The van der Waals surface area contributed by atoms with Crippen LogP contribution in [0.15, 0.2) is 29.3 Å². The van der Waals surface area contributed by atoms with Gasteiger partial charge in [-0.15, -0.1) is 0 Å². The van der Waals surface area contributed by atoms with Crippen LogP contribution < -0.4 is 5.32 Å². The fraction of sp³-hybridized carbons (Fsp3) is 0.533. The molecule has 0 aliphatic heterocycles. The number of hydrogen-bond donors (Lipinski definition) is 1. The van der Waals surface area contributed by atoms with Gasteiger partial charge in [-0.25, -0.2) is 4.39 Å². The highest BCUT2D eigenvalue weighted by atomic mass is 19.4. The van der Waals surface area contributed by atoms with E-state index in [-0.39, 0.29) is 12.2 Å². The molecule has 1 aromatic carbocycles. The Labute approximate surface area is 128 Å². The lowest BCUT2D eigenvalue weighted by atomic mass is 10.2. The van der Waals surface area contributed by atoms with Gasteiger partial charge in [-0.2, -0.15) is 13.2 Å². The van der Waals surface area contributed by atoms with Crippen LogP contribution in [0.4, 0.5) is 17.6 Å². The van der Waals surface area contributed by atoms with E-state index in [0.717, 1.165) is 5.56 Å². The van der Waals surface area contributed by atoms with Gasteiger partial charge in [0.25, 0.3) is 0 Å². The minimum Gasteiger partial charge on any atom is -0.356 e. The smallest absolute Gasteiger partial charge is 0.356 e. The van der Waals surface area contributed by atoms with Crippen molar-refractivity contribution in [2.75, 3.05) is 20.6 Å². The second kappa shape index (κ2) is 8.60. The Morgan fingerprint density at radius 1 is 1.18 bits per heavy atom. The summed E-state index contributed by atoms with van der Waals surface area (Å²) in [6.07, 6.45) is -4.35. The lowest BCUT2D eigenvalue weighted by molar-refractivity contribution is -0.135. The first-order chi connectivity index (χ1) is 10.3. The highest BCUT2D eigenvalue weighted by molar-refractivity contribution is 5.79. The van der Waals surface area contributed by atoms with E-state index in [2.05, 4.69) is 10.3 Å². The van der Waals surface area contributed by atoms with Gasteiger partial charge in [-0.3, -0.25) is 4.99 Å². The lowest BCUT2D eigenvalue weighted by Gasteiger charge is -2.22. The molecule has 0 aliphatic rings. The third-order valence-corrected chi connectivity index (χ3v) is 3.08. The van der Waals surface area contributed by atoms with Gasteiger partial charge in [0.2, 0.25) is 0 Å². The van der Waals surface area contributed by atoms with E-state index in [1.54, 1.807) is 19.2 Å². The van der Waals surface area contributed by atoms with E-state index in [4.69, 9.17) is 0 Å². The molecule has 0 aromatic heterocycles. The van der Waals surface area contributed by atoms with Gasteiger partial charge in [0.1, 0.15) is 5.82 Å². The number of aliphatic imine (C=N–C) groups is 1. The summed E-state index contributed by atoms with van der Waals surface area (Å²) in [5.74, 6) is 0.301. The number of halogens is 4. The fourth-order valence-corrected chi connectivity index (χ4v) is 1.97. The van der Waals surface area contributed by atoms with Crippen molar-refractivity contribution in [3.05, 3.63) is 35.6 Å². The standard InChI is InChI=1S/C15H21F4N3/c1-20-14(21-10-4-3-9-15(17,18)19)22(2)11-12-5-7-13(16)8-6-12/h5-8H,3-4,9-11H2,1-2H3,(H,20,21). The quantitative estimate of drug-likeness (QED) is 0.376. The Bertz CT molecular complexity index is 469. The molecule has 0 unspecified atom stereocenters. The average Bonchev–Trinajstić information content (AvgIpc) is 2.44. The molecular formula is C15H21F4N3. The van der Waals surface area contributed by atoms with Crippen molar-refractivity contribution in [1.29, 1.82) is 0 Å². The lowest BCUT2D eigenvalue weighted by Crippen LogP contribution is -2.38.